The van der Waals surface area contributed by atoms with Crippen LogP contribution in [0.25, 0.3) is 0 Å². The van der Waals surface area contributed by atoms with E-state index in [9.17, 15) is 9.59 Å². The van der Waals surface area contributed by atoms with Crippen molar-refractivity contribution in [3.8, 4) is 0 Å². The lowest BCUT2D eigenvalue weighted by atomic mass is 9.95. The number of rotatable bonds is 25. The molecule has 0 saturated heterocycles. The zero-order valence-corrected chi connectivity index (χ0v) is 22.5. The number of carbonyl (C=O) groups is 2. The number of carbonyl (C=O) groups excluding carboxylic acids is 2. The van der Waals surface area contributed by atoms with Gasteiger partial charge in [-0.3, -0.25) is 9.59 Å². The molecule has 0 heterocycles. The summed E-state index contributed by atoms with van der Waals surface area (Å²) in [5.41, 5.74) is 0. The first-order valence-electron chi connectivity index (χ1n) is 14.4. The molecule has 0 amide bonds. The molecule has 33 heavy (non-hydrogen) atoms. The Balaban J connectivity index is 3.48. The van der Waals surface area contributed by atoms with Crippen LogP contribution in [0.1, 0.15) is 156 Å². The zero-order chi connectivity index (χ0) is 24.4. The van der Waals surface area contributed by atoms with Gasteiger partial charge in [0.2, 0.25) is 0 Å². The van der Waals surface area contributed by atoms with Crippen molar-refractivity contribution in [2.24, 2.45) is 5.92 Å². The van der Waals surface area contributed by atoms with Crippen LogP contribution in [0, 0.1) is 5.92 Å². The second-order valence-electron chi connectivity index (χ2n) is 9.76. The smallest absolute Gasteiger partial charge is 0.306 e. The Labute approximate surface area is 206 Å². The maximum absolute atomic E-state index is 12.0. The van der Waals surface area contributed by atoms with E-state index < -0.39 is 0 Å². The highest BCUT2D eigenvalue weighted by molar-refractivity contribution is 5.69. The van der Waals surface area contributed by atoms with Crippen LogP contribution in [-0.2, 0) is 19.1 Å². The molecule has 1 atom stereocenters. The highest BCUT2D eigenvalue weighted by Gasteiger charge is 2.13. The van der Waals surface area contributed by atoms with Gasteiger partial charge in [0.1, 0.15) is 0 Å². The van der Waals surface area contributed by atoms with E-state index in [2.05, 4.69) is 20.8 Å². The van der Waals surface area contributed by atoms with E-state index >= 15 is 0 Å². The summed E-state index contributed by atoms with van der Waals surface area (Å²) in [4.78, 5) is 23.8. The number of hydrogen-bond donors (Lipinski definition) is 0. The first kappa shape index (κ1) is 31.9. The fraction of sp³-hybridized carbons (Fsp3) is 0.931. The van der Waals surface area contributed by atoms with Gasteiger partial charge in [-0.15, -0.1) is 0 Å². The molecular formula is C29H56O4. The molecular weight excluding hydrogens is 412 g/mol. The average molecular weight is 469 g/mol. The van der Waals surface area contributed by atoms with Crippen LogP contribution in [0.4, 0.5) is 0 Å². The molecule has 0 rings (SSSR count). The Morgan fingerprint density at radius 1 is 0.545 bits per heavy atom. The molecule has 0 aliphatic carbocycles. The Morgan fingerprint density at radius 3 is 1.55 bits per heavy atom. The molecule has 0 spiro atoms. The van der Waals surface area contributed by atoms with Gasteiger partial charge < -0.3 is 9.47 Å². The minimum Gasteiger partial charge on any atom is -0.466 e. The highest BCUT2D eigenvalue weighted by atomic mass is 16.5. The molecule has 0 fully saturated rings. The topological polar surface area (TPSA) is 52.6 Å². The highest BCUT2D eigenvalue weighted by Crippen LogP contribution is 2.19. The molecule has 0 aliphatic rings. The van der Waals surface area contributed by atoms with Crippen molar-refractivity contribution in [2.75, 3.05) is 13.2 Å². The predicted molar refractivity (Wildman–Crippen MR) is 139 cm³/mol. The Hall–Kier alpha value is -1.06. The van der Waals surface area contributed by atoms with Gasteiger partial charge in [-0.25, -0.2) is 0 Å². The monoisotopic (exact) mass is 468 g/mol. The summed E-state index contributed by atoms with van der Waals surface area (Å²) in [6.07, 6.45) is 23.4. The summed E-state index contributed by atoms with van der Waals surface area (Å²) in [5, 5.41) is 0. The first-order valence-corrected chi connectivity index (χ1v) is 14.4. The Morgan fingerprint density at radius 2 is 1.00 bits per heavy atom. The largest absolute Gasteiger partial charge is 0.466 e. The molecule has 0 radical (unpaired) electrons. The average Bonchev–Trinajstić information content (AvgIpc) is 2.81. The predicted octanol–water partition coefficient (Wildman–Crippen LogP) is 8.94. The molecule has 0 aromatic carbocycles. The zero-order valence-electron chi connectivity index (χ0n) is 22.5. The second-order valence-corrected chi connectivity index (χ2v) is 9.76. The van der Waals surface area contributed by atoms with Crippen LogP contribution in [-0.4, -0.2) is 25.2 Å². The minimum atomic E-state index is -0.0221. The lowest BCUT2D eigenvalue weighted by Crippen LogP contribution is -2.12. The van der Waals surface area contributed by atoms with E-state index in [4.69, 9.17) is 9.47 Å². The van der Waals surface area contributed by atoms with Gasteiger partial charge >= 0.3 is 11.9 Å². The number of hydrogen-bond acceptors (Lipinski definition) is 4. The maximum atomic E-state index is 12.0. The van der Waals surface area contributed by atoms with Gasteiger partial charge in [-0.1, -0.05) is 117 Å². The SMILES string of the molecule is CCCCCCCOC(=O)CCCCCCCCCC(CC)CC(=O)OCCCCCCC. The molecule has 0 aliphatic heterocycles. The molecule has 1 unspecified atom stereocenters. The third kappa shape index (κ3) is 23.9. The molecule has 0 aromatic heterocycles. The van der Waals surface area contributed by atoms with Gasteiger partial charge in [-0.2, -0.15) is 0 Å². The van der Waals surface area contributed by atoms with Gasteiger partial charge in [-0.05, 0) is 31.6 Å². The van der Waals surface area contributed by atoms with E-state index in [0.29, 0.717) is 32.0 Å². The van der Waals surface area contributed by atoms with Crippen molar-refractivity contribution < 1.29 is 19.1 Å². The quantitative estimate of drug-likeness (QED) is 0.0991. The summed E-state index contributed by atoms with van der Waals surface area (Å²) in [7, 11) is 0. The molecule has 4 nitrogen and oxygen atoms in total. The van der Waals surface area contributed by atoms with Crippen LogP contribution < -0.4 is 0 Å². The fourth-order valence-electron chi connectivity index (χ4n) is 4.19. The normalized spacial score (nSPS) is 12.0. The van der Waals surface area contributed by atoms with Crippen molar-refractivity contribution in [1.29, 1.82) is 0 Å². The van der Waals surface area contributed by atoms with E-state index in [-0.39, 0.29) is 11.9 Å². The molecule has 0 saturated carbocycles. The molecule has 0 N–H and O–H groups in total. The van der Waals surface area contributed by atoms with Crippen LogP contribution in [0.5, 0.6) is 0 Å². The summed E-state index contributed by atoms with van der Waals surface area (Å²) >= 11 is 0. The maximum Gasteiger partial charge on any atom is 0.306 e. The first-order chi connectivity index (χ1) is 16.1. The lowest BCUT2D eigenvalue weighted by molar-refractivity contribution is -0.145. The summed E-state index contributed by atoms with van der Waals surface area (Å²) < 4.78 is 10.7. The third-order valence-corrected chi connectivity index (χ3v) is 6.55. The van der Waals surface area contributed by atoms with Crippen molar-refractivity contribution in [3.05, 3.63) is 0 Å². The lowest BCUT2D eigenvalue weighted by Gasteiger charge is -2.14. The third-order valence-electron chi connectivity index (χ3n) is 6.55. The molecule has 0 bridgehead atoms. The van der Waals surface area contributed by atoms with E-state index in [1.165, 1.54) is 83.5 Å². The molecule has 196 valence electrons. The van der Waals surface area contributed by atoms with Gasteiger partial charge in [0.15, 0.2) is 0 Å². The standard InChI is InChI=1S/C29H56O4/c1-4-7-9-16-20-24-32-28(30)23-19-15-13-11-12-14-18-22-27(6-3)26-29(31)33-25-21-17-10-8-5-2/h27H,4-26H2,1-3H3. The number of ether oxygens (including phenoxy) is 2. The summed E-state index contributed by atoms with van der Waals surface area (Å²) in [6.45, 7) is 7.79. The van der Waals surface area contributed by atoms with Crippen LogP contribution in [0.15, 0.2) is 0 Å². The van der Waals surface area contributed by atoms with Crippen LogP contribution in [0.3, 0.4) is 0 Å². The second kappa shape index (κ2) is 25.6. The van der Waals surface area contributed by atoms with E-state index in [1.807, 2.05) is 0 Å². The van der Waals surface area contributed by atoms with E-state index in [1.54, 1.807) is 0 Å². The van der Waals surface area contributed by atoms with Gasteiger partial charge in [0, 0.05) is 12.8 Å². The van der Waals surface area contributed by atoms with Crippen LogP contribution >= 0.6 is 0 Å². The van der Waals surface area contributed by atoms with Crippen molar-refractivity contribution in [1.82, 2.24) is 0 Å². The van der Waals surface area contributed by atoms with Crippen molar-refractivity contribution >= 4 is 11.9 Å². The molecule has 0 aromatic rings. The summed E-state index contributed by atoms with van der Waals surface area (Å²) in [6, 6.07) is 0. The van der Waals surface area contributed by atoms with Gasteiger partial charge in [0.25, 0.3) is 0 Å². The van der Waals surface area contributed by atoms with Crippen molar-refractivity contribution in [3.63, 3.8) is 0 Å². The van der Waals surface area contributed by atoms with E-state index in [0.717, 1.165) is 38.5 Å². The number of unbranched alkanes of at least 4 members (excludes halogenated alkanes) is 14. The fourth-order valence-corrected chi connectivity index (χ4v) is 4.19. The molecule has 4 heteroatoms. The number of esters is 2. The minimum absolute atomic E-state index is 0.00707. The van der Waals surface area contributed by atoms with Crippen molar-refractivity contribution in [2.45, 2.75) is 156 Å². The van der Waals surface area contributed by atoms with Gasteiger partial charge in [0.05, 0.1) is 13.2 Å². The van der Waals surface area contributed by atoms with Crippen LogP contribution in [0.2, 0.25) is 0 Å². The Bertz CT molecular complexity index is 435. The summed E-state index contributed by atoms with van der Waals surface area (Å²) in [5.74, 6) is 0.439. The Kier molecular flexibility index (Phi) is 24.7.